The van der Waals surface area contributed by atoms with E-state index in [0.29, 0.717) is 0 Å². The SMILES string of the molecule is CCNCc1ccccc1CN(C)Cc1cccc(F)c1. The summed E-state index contributed by atoms with van der Waals surface area (Å²) in [6, 6.07) is 15.3. The first-order valence-electron chi connectivity index (χ1n) is 7.39. The van der Waals surface area contributed by atoms with Gasteiger partial charge in [-0.3, -0.25) is 4.90 Å². The lowest BCUT2D eigenvalue weighted by Gasteiger charge is -2.19. The molecule has 2 nitrogen and oxygen atoms in total. The zero-order valence-corrected chi connectivity index (χ0v) is 12.8. The van der Waals surface area contributed by atoms with E-state index in [1.165, 1.54) is 17.2 Å². The van der Waals surface area contributed by atoms with Crippen LogP contribution in [-0.4, -0.2) is 18.5 Å². The van der Waals surface area contributed by atoms with Gasteiger partial charge in [0.2, 0.25) is 0 Å². The second kappa shape index (κ2) is 7.91. The summed E-state index contributed by atoms with van der Waals surface area (Å²) in [5.41, 5.74) is 3.64. The zero-order valence-electron chi connectivity index (χ0n) is 12.8. The number of nitrogens with one attached hydrogen (secondary N) is 1. The highest BCUT2D eigenvalue weighted by atomic mass is 19.1. The molecule has 0 aliphatic carbocycles. The van der Waals surface area contributed by atoms with Crippen LogP contribution in [0.4, 0.5) is 4.39 Å². The Bertz CT molecular complexity index is 569. The Balaban J connectivity index is 2.00. The minimum atomic E-state index is -0.173. The zero-order chi connectivity index (χ0) is 15.1. The van der Waals surface area contributed by atoms with E-state index in [1.807, 2.05) is 6.07 Å². The summed E-state index contributed by atoms with van der Waals surface area (Å²) >= 11 is 0. The van der Waals surface area contributed by atoms with E-state index in [4.69, 9.17) is 0 Å². The van der Waals surface area contributed by atoms with Crippen LogP contribution in [0.2, 0.25) is 0 Å². The molecule has 0 aromatic heterocycles. The minimum Gasteiger partial charge on any atom is -0.313 e. The molecule has 2 rings (SSSR count). The molecule has 0 unspecified atom stereocenters. The first-order chi connectivity index (χ1) is 10.2. The van der Waals surface area contributed by atoms with Gasteiger partial charge < -0.3 is 5.32 Å². The molecular formula is C18H23FN2. The molecule has 0 atom stereocenters. The van der Waals surface area contributed by atoms with Crippen molar-refractivity contribution in [3.63, 3.8) is 0 Å². The van der Waals surface area contributed by atoms with Gasteiger partial charge in [-0.15, -0.1) is 0 Å². The second-order valence-electron chi connectivity index (χ2n) is 5.35. The van der Waals surface area contributed by atoms with Crippen molar-refractivity contribution in [2.24, 2.45) is 0 Å². The van der Waals surface area contributed by atoms with Gasteiger partial charge in [0, 0.05) is 19.6 Å². The summed E-state index contributed by atoms with van der Waals surface area (Å²) in [7, 11) is 2.06. The summed E-state index contributed by atoms with van der Waals surface area (Å²) in [6.07, 6.45) is 0. The van der Waals surface area contributed by atoms with Crippen molar-refractivity contribution in [1.29, 1.82) is 0 Å². The van der Waals surface area contributed by atoms with Crippen molar-refractivity contribution < 1.29 is 4.39 Å². The van der Waals surface area contributed by atoms with Crippen LogP contribution in [0.1, 0.15) is 23.6 Å². The highest BCUT2D eigenvalue weighted by molar-refractivity contribution is 5.27. The van der Waals surface area contributed by atoms with Gasteiger partial charge in [0.05, 0.1) is 0 Å². The second-order valence-corrected chi connectivity index (χ2v) is 5.35. The average Bonchev–Trinajstić information content (AvgIpc) is 2.46. The molecular weight excluding hydrogens is 263 g/mol. The molecule has 0 saturated heterocycles. The summed E-state index contributed by atoms with van der Waals surface area (Å²) in [6.45, 7) is 5.57. The first kappa shape index (κ1) is 15.7. The van der Waals surface area contributed by atoms with Crippen molar-refractivity contribution in [2.45, 2.75) is 26.6 Å². The third-order valence-electron chi connectivity index (χ3n) is 3.47. The lowest BCUT2D eigenvalue weighted by molar-refractivity contribution is 0.317. The monoisotopic (exact) mass is 286 g/mol. The van der Waals surface area contributed by atoms with Gasteiger partial charge in [-0.2, -0.15) is 0 Å². The molecule has 0 aliphatic rings. The molecule has 2 aromatic carbocycles. The predicted molar refractivity (Wildman–Crippen MR) is 85.4 cm³/mol. The van der Waals surface area contributed by atoms with Crippen LogP contribution in [-0.2, 0) is 19.6 Å². The summed E-state index contributed by atoms with van der Waals surface area (Å²) in [4.78, 5) is 2.21. The van der Waals surface area contributed by atoms with E-state index in [-0.39, 0.29) is 5.82 Å². The van der Waals surface area contributed by atoms with Crippen LogP contribution in [0.25, 0.3) is 0 Å². The molecule has 1 N–H and O–H groups in total. The molecule has 21 heavy (non-hydrogen) atoms. The van der Waals surface area contributed by atoms with Gasteiger partial charge in [-0.25, -0.2) is 4.39 Å². The molecule has 0 bridgehead atoms. The maximum Gasteiger partial charge on any atom is 0.123 e. The van der Waals surface area contributed by atoms with Crippen LogP contribution in [0.5, 0.6) is 0 Å². The molecule has 3 heteroatoms. The van der Waals surface area contributed by atoms with Crippen molar-refractivity contribution in [3.05, 3.63) is 71.0 Å². The quantitative estimate of drug-likeness (QED) is 0.837. The number of nitrogens with zero attached hydrogens (tertiary/aromatic N) is 1. The highest BCUT2D eigenvalue weighted by Gasteiger charge is 2.06. The third-order valence-corrected chi connectivity index (χ3v) is 3.47. The number of halogens is 1. The van der Waals surface area contributed by atoms with Gasteiger partial charge in [-0.05, 0) is 42.4 Å². The van der Waals surface area contributed by atoms with Gasteiger partial charge in [0.15, 0.2) is 0 Å². The van der Waals surface area contributed by atoms with E-state index in [0.717, 1.165) is 31.7 Å². The fraction of sp³-hybridized carbons (Fsp3) is 0.333. The van der Waals surface area contributed by atoms with Gasteiger partial charge >= 0.3 is 0 Å². The predicted octanol–water partition coefficient (Wildman–Crippen LogP) is 3.57. The van der Waals surface area contributed by atoms with Crippen LogP contribution in [0.15, 0.2) is 48.5 Å². The largest absolute Gasteiger partial charge is 0.313 e. The molecule has 0 fully saturated rings. The smallest absolute Gasteiger partial charge is 0.123 e. The van der Waals surface area contributed by atoms with E-state index < -0.39 is 0 Å². The fourth-order valence-electron chi connectivity index (χ4n) is 2.44. The van der Waals surface area contributed by atoms with Crippen LogP contribution < -0.4 is 5.32 Å². The first-order valence-corrected chi connectivity index (χ1v) is 7.39. The highest BCUT2D eigenvalue weighted by Crippen LogP contribution is 2.13. The molecule has 2 aromatic rings. The summed E-state index contributed by atoms with van der Waals surface area (Å²) in [5, 5.41) is 3.37. The molecule has 0 radical (unpaired) electrons. The van der Waals surface area contributed by atoms with Crippen LogP contribution >= 0.6 is 0 Å². The van der Waals surface area contributed by atoms with Crippen molar-refractivity contribution in [3.8, 4) is 0 Å². The van der Waals surface area contributed by atoms with E-state index in [9.17, 15) is 4.39 Å². The Morgan fingerprint density at radius 2 is 1.76 bits per heavy atom. The Kier molecular flexibility index (Phi) is 5.90. The number of hydrogen-bond donors (Lipinski definition) is 1. The molecule has 0 saturated carbocycles. The Labute approximate surface area is 126 Å². The molecule has 0 spiro atoms. The van der Waals surface area contributed by atoms with Gasteiger partial charge in [0.1, 0.15) is 5.82 Å². The third kappa shape index (κ3) is 4.96. The maximum atomic E-state index is 13.2. The topological polar surface area (TPSA) is 15.3 Å². The molecule has 0 amide bonds. The number of benzene rings is 2. The van der Waals surface area contributed by atoms with Crippen molar-refractivity contribution in [1.82, 2.24) is 10.2 Å². The Hall–Kier alpha value is -1.71. The molecule has 112 valence electrons. The summed E-state index contributed by atoms with van der Waals surface area (Å²) < 4.78 is 13.2. The number of rotatable bonds is 7. The van der Waals surface area contributed by atoms with E-state index in [2.05, 4.69) is 48.5 Å². The molecule has 0 heterocycles. The number of hydrogen-bond acceptors (Lipinski definition) is 2. The normalized spacial score (nSPS) is 11.0. The Morgan fingerprint density at radius 1 is 1.00 bits per heavy atom. The average molecular weight is 286 g/mol. The Morgan fingerprint density at radius 3 is 2.48 bits per heavy atom. The van der Waals surface area contributed by atoms with Gasteiger partial charge in [-0.1, -0.05) is 43.3 Å². The minimum absolute atomic E-state index is 0.173. The van der Waals surface area contributed by atoms with E-state index in [1.54, 1.807) is 12.1 Å². The van der Waals surface area contributed by atoms with E-state index >= 15 is 0 Å². The maximum absolute atomic E-state index is 13.2. The van der Waals surface area contributed by atoms with Crippen LogP contribution in [0, 0.1) is 5.82 Å². The lowest BCUT2D eigenvalue weighted by Crippen LogP contribution is -2.20. The summed E-state index contributed by atoms with van der Waals surface area (Å²) in [5.74, 6) is -0.173. The molecule has 0 aliphatic heterocycles. The standard InChI is InChI=1S/C18H23FN2/c1-3-20-12-16-8-4-5-9-17(16)14-21(2)13-15-7-6-10-18(19)11-15/h4-11,20H,3,12-14H2,1-2H3. The van der Waals surface area contributed by atoms with Crippen molar-refractivity contribution >= 4 is 0 Å². The van der Waals surface area contributed by atoms with Crippen LogP contribution in [0.3, 0.4) is 0 Å². The van der Waals surface area contributed by atoms with Crippen molar-refractivity contribution in [2.75, 3.05) is 13.6 Å². The fourth-order valence-corrected chi connectivity index (χ4v) is 2.44. The lowest BCUT2D eigenvalue weighted by atomic mass is 10.1. The van der Waals surface area contributed by atoms with Gasteiger partial charge in [0.25, 0.3) is 0 Å².